The zero-order valence-corrected chi connectivity index (χ0v) is 15.4. The van der Waals surface area contributed by atoms with E-state index < -0.39 is 0 Å². The van der Waals surface area contributed by atoms with Gasteiger partial charge in [0.2, 0.25) is 5.91 Å². The van der Waals surface area contributed by atoms with Crippen molar-refractivity contribution in [2.24, 2.45) is 4.99 Å². The van der Waals surface area contributed by atoms with E-state index in [0.29, 0.717) is 12.0 Å². The molecule has 0 radical (unpaired) electrons. The molecule has 6 nitrogen and oxygen atoms in total. The topological polar surface area (TPSA) is 68.8 Å². The lowest BCUT2D eigenvalue weighted by Crippen LogP contribution is -2.44. The Morgan fingerprint density at radius 1 is 1.23 bits per heavy atom. The number of likely N-dealkylation sites (N-methyl/N-ethyl adjacent to an activating group) is 1. The molecule has 0 aliphatic carbocycles. The first kappa shape index (κ1) is 20.7. The van der Waals surface area contributed by atoms with Gasteiger partial charge in [0.15, 0.2) is 5.96 Å². The molecule has 0 bridgehead atoms. The fourth-order valence-electron chi connectivity index (χ4n) is 1.83. The lowest BCUT2D eigenvalue weighted by Gasteiger charge is -2.24. The van der Waals surface area contributed by atoms with E-state index in [4.69, 9.17) is 0 Å². The van der Waals surface area contributed by atoms with Gasteiger partial charge in [-0.15, -0.1) is 0 Å². The molecule has 0 heterocycles. The van der Waals surface area contributed by atoms with Crippen molar-refractivity contribution in [1.82, 2.24) is 20.9 Å². The number of nitrogens with one attached hydrogen (secondary N) is 3. The van der Waals surface area contributed by atoms with Gasteiger partial charge in [0, 0.05) is 31.2 Å². The molecule has 3 N–H and O–H groups in total. The number of nitrogens with zero attached hydrogens (tertiary/aromatic N) is 2. The number of guanidine groups is 1. The average molecular weight is 313 g/mol. The van der Waals surface area contributed by atoms with Crippen LogP contribution in [0.2, 0.25) is 0 Å². The summed E-state index contributed by atoms with van der Waals surface area (Å²) in [6.07, 6.45) is 1.14. The van der Waals surface area contributed by atoms with Crippen molar-refractivity contribution >= 4 is 11.9 Å². The van der Waals surface area contributed by atoms with Crippen molar-refractivity contribution < 1.29 is 4.79 Å². The van der Waals surface area contributed by atoms with Gasteiger partial charge in [0.25, 0.3) is 0 Å². The fraction of sp³-hybridized carbons (Fsp3) is 0.875. The summed E-state index contributed by atoms with van der Waals surface area (Å²) in [5.74, 6) is 0.616. The molecular formula is C16H35N5O. The number of carbonyl (C=O) groups is 1. The van der Waals surface area contributed by atoms with E-state index in [1.165, 1.54) is 0 Å². The number of aliphatic imine (C=N–C) groups is 1. The van der Waals surface area contributed by atoms with Gasteiger partial charge in [-0.2, -0.15) is 0 Å². The summed E-state index contributed by atoms with van der Waals surface area (Å²) < 4.78 is 0. The molecule has 6 heteroatoms. The van der Waals surface area contributed by atoms with Crippen molar-refractivity contribution in [2.75, 3.05) is 33.2 Å². The number of hydrogen-bond donors (Lipinski definition) is 3. The highest BCUT2D eigenvalue weighted by Crippen LogP contribution is 1.98. The van der Waals surface area contributed by atoms with E-state index in [1.807, 2.05) is 27.7 Å². The van der Waals surface area contributed by atoms with Crippen LogP contribution in [0.3, 0.4) is 0 Å². The Hall–Kier alpha value is -1.30. The van der Waals surface area contributed by atoms with Gasteiger partial charge in [-0.25, -0.2) is 4.99 Å². The van der Waals surface area contributed by atoms with Gasteiger partial charge in [-0.05, 0) is 48.1 Å². The third kappa shape index (κ3) is 10.4. The molecule has 0 saturated heterocycles. The molecule has 0 aliphatic rings. The van der Waals surface area contributed by atoms with E-state index in [1.54, 1.807) is 0 Å². The maximum Gasteiger partial charge on any atom is 0.242 e. The maximum absolute atomic E-state index is 11.8. The van der Waals surface area contributed by atoms with Crippen LogP contribution in [0, 0.1) is 0 Å². The van der Waals surface area contributed by atoms with Crippen LogP contribution < -0.4 is 16.0 Å². The Morgan fingerprint density at radius 3 is 2.36 bits per heavy atom. The monoisotopic (exact) mass is 313 g/mol. The highest BCUT2D eigenvalue weighted by atomic mass is 16.2. The van der Waals surface area contributed by atoms with Crippen molar-refractivity contribution in [3.8, 4) is 0 Å². The quantitative estimate of drug-likeness (QED) is 0.465. The normalized spacial score (nSPS) is 13.9. The Kier molecular flexibility index (Phi) is 9.81. The molecular weight excluding hydrogens is 278 g/mol. The van der Waals surface area contributed by atoms with Crippen molar-refractivity contribution in [3.05, 3.63) is 0 Å². The van der Waals surface area contributed by atoms with Crippen LogP contribution >= 0.6 is 0 Å². The summed E-state index contributed by atoms with van der Waals surface area (Å²) in [6.45, 7) is 14.9. The van der Waals surface area contributed by atoms with Crippen LogP contribution in [0.4, 0.5) is 0 Å². The molecule has 0 fully saturated rings. The number of carbonyl (C=O) groups excluding carboxylic acids is 1. The van der Waals surface area contributed by atoms with Crippen LogP contribution in [-0.2, 0) is 4.79 Å². The predicted octanol–water partition coefficient (Wildman–Crippen LogP) is 1.19. The van der Waals surface area contributed by atoms with E-state index in [2.05, 4.69) is 46.7 Å². The Bertz CT molecular complexity index is 349. The van der Waals surface area contributed by atoms with Crippen LogP contribution in [0.5, 0.6) is 0 Å². The molecule has 0 aromatic rings. The van der Waals surface area contributed by atoms with Crippen LogP contribution in [-0.4, -0.2) is 61.6 Å². The zero-order valence-electron chi connectivity index (χ0n) is 15.4. The summed E-state index contributed by atoms with van der Waals surface area (Å²) in [5.41, 5.74) is -0.225. The van der Waals surface area contributed by atoms with Gasteiger partial charge < -0.3 is 20.9 Å². The van der Waals surface area contributed by atoms with Crippen molar-refractivity contribution in [3.63, 3.8) is 0 Å². The van der Waals surface area contributed by atoms with Crippen LogP contribution in [0.1, 0.15) is 48.0 Å². The van der Waals surface area contributed by atoms with Crippen LogP contribution in [0.25, 0.3) is 0 Å². The highest BCUT2D eigenvalue weighted by Gasteiger charge is 2.13. The first-order valence-corrected chi connectivity index (χ1v) is 8.23. The van der Waals surface area contributed by atoms with Gasteiger partial charge in [0.1, 0.15) is 6.54 Å². The summed E-state index contributed by atoms with van der Waals surface area (Å²) in [4.78, 5) is 18.4. The van der Waals surface area contributed by atoms with E-state index >= 15 is 0 Å². The molecule has 0 aromatic heterocycles. The summed E-state index contributed by atoms with van der Waals surface area (Å²) in [7, 11) is 2.12. The first-order valence-electron chi connectivity index (χ1n) is 8.23. The third-order valence-electron chi connectivity index (χ3n) is 3.34. The lowest BCUT2D eigenvalue weighted by molar-refractivity contribution is -0.121. The standard InChI is InChI=1S/C16H35N5O/c1-8-13(3)21(7)11-10-18-15(17-9-2)19-12-14(22)20-16(4,5)6/h13H,8-12H2,1-7H3,(H,20,22)(H2,17,18,19). The minimum absolute atomic E-state index is 0.0681. The smallest absolute Gasteiger partial charge is 0.242 e. The minimum Gasteiger partial charge on any atom is -0.357 e. The van der Waals surface area contributed by atoms with Crippen LogP contribution in [0.15, 0.2) is 4.99 Å². The van der Waals surface area contributed by atoms with Gasteiger partial charge in [-0.3, -0.25) is 4.79 Å². The Labute approximate surface area is 136 Å². The predicted molar refractivity (Wildman–Crippen MR) is 94.3 cm³/mol. The van der Waals surface area contributed by atoms with Gasteiger partial charge in [-0.1, -0.05) is 6.92 Å². The SMILES string of the molecule is CCNC(=NCC(=O)NC(C)(C)C)NCCN(C)C(C)CC. The average Bonchev–Trinajstić information content (AvgIpc) is 2.41. The van der Waals surface area contributed by atoms with Crippen molar-refractivity contribution in [1.29, 1.82) is 0 Å². The number of hydrogen-bond acceptors (Lipinski definition) is 3. The number of rotatable bonds is 8. The summed E-state index contributed by atoms with van der Waals surface area (Å²) in [6, 6.07) is 0.568. The fourth-order valence-corrected chi connectivity index (χ4v) is 1.83. The number of amides is 1. The van der Waals surface area contributed by atoms with Gasteiger partial charge >= 0.3 is 0 Å². The molecule has 0 aliphatic heterocycles. The molecule has 130 valence electrons. The van der Waals surface area contributed by atoms with E-state index in [-0.39, 0.29) is 18.0 Å². The molecule has 1 atom stereocenters. The second-order valence-corrected chi connectivity index (χ2v) is 6.66. The molecule has 0 saturated carbocycles. The molecule has 1 amide bonds. The molecule has 0 aromatic carbocycles. The third-order valence-corrected chi connectivity index (χ3v) is 3.34. The molecule has 1 unspecified atom stereocenters. The lowest BCUT2D eigenvalue weighted by atomic mass is 10.1. The highest BCUT2D eigenvalue weighted by molar-refractivity contribution is 5.85. The Balaban J connectivity index is 4.29. The molecule has 0 spiro atoms. The van der Waals surface area contributed by atoms with E-state index in [0.717, 1.165) is 26.1 Å². The maximum atomic E-state index is 11.8. The minimum atomic E-state index is -0.225. The second-order valence-electron chi connectivity index (χ2n) is 6.66. The largest absolute Gasteiger partial charge is 0.357 e. The zero-order chi connectivity index (χ0) is 17.2. The van der Waals surface area contributed by atoms with Crippen molar-refractivity contribution in [2.45, 2.75) is 59.5 Å². The van der Waals surface area contributed by atoms with E-state index in [9.17, 15) is 4.79 Å². The summed E-state index contributed by atoms with van der Waals surface area (Å²) in [5, 5.41) is 9.33. The molecule has 22 heavy (non-hydrogen) atoms. The first-order chi connectivity index (χ1) is 10.2. The Morgan fingerprint density at radius 2 is 1.86 bits per heavy atom. The molecule has 0 rings (SSSR count). The second kappa shape index (κ2) is 10.4. The summed E-state index contributed by atoms with van der Waals surface area (Å²) >= 11 is 0. The van der Waals surface area contributed by atoms with Gasteiger partial charge in [0.05, 0.1) is 0 Å².